The van der Waals surface area contributed by atoms with Gasteiger partial charge in [0.15, 0.2) is 0 Å². The molecule has 0 atom stereocenters. The van der Waals surface area contributed by atoms with Crippen LogP contribution in [-0.4, -0.2) is 17.7 Å². The van der Waals surface area contributed by atoms with Crippen molar-refractivity contribution >= 4 is 11.6 Å². The van der Waals surface area contributed by atoms with Gasteiger partial charge in [-0.15, -0.1) is 0 Å². The van der Waals surface area contributed by atoms with Crippen LogP contribution in [0.1, 0.15) is 39.1 Å². The van der Waals surface area contributed by atoms with E-state index in [1.54, 1.807) is 0 Å². The number of rotatable bonds is 5. The third-order valence-corrected chi connectivity index (χ3v) is 3.09. The van der Waals surface area contributed by atoms with Crippen molar-refractivity contribution in [1.82, 2.24) is 5.16 Å². The minimum atomic E-state index is -0.127. The Labute approximate surface area is 130 Å². The van der Waals surface area contributed by atoms with Gasteiger partial charge in [-0.05, 0) is 31.2 Å². The van der Waals surface area contributed by atoms with Crippen molar-refractivity contribution in [2.75, 3.05) is 11.9 Å². The number of hydrogen-bond donors (Lipinski definition) is 1. The fourth-order valence-corrected chi connectivity index (χ4v) is 1.92. The average Bonchev–Trinajstić information content (AvgIpc) is 2.89. The van der Waals surface area contributed by atoms with Gasteiger partial charge >= 0.3 is 0 Å². The number of benzene rings is 1. The summed E-state index contributed by atoms with van der Waals surface area (Å²) < 4.78 is 10.6. The standard InChI is InChI=1S/C17H22N2O3/c1-5-21-14-8-6-12(7-9-14)18-16(20)11-13-10-15(22-19-13)17(2,3)4/h6-10H,5,11H2,1-4H3,(H,18,20). The molecule has 2 rings (SSSR count). The van der Waals surface area contributed by atoms with Crippen molar-refractivity contribution in [1.29, 1.82) is 0 Å². The van der Waals surface area contributed by atoms with Gasteiger partial charge < -0.3 is 14.6 Å². The first kappa shape index (κ1) is 16.1. The van der Waals surface area contributed by atoms with E-state index in [2.05, 4.69) is 10.5 Å². The lowest BCUT2D eigenvalue weighted by Crippen LogP contribution is -2.14. The van der Waals surface area contributed by atoms with Crippen LogP contribution in [0.4, 0.5) is 5.69 Å². The molecule has 118 valence electrons. The number of ether oxygens (including phenoxy) is 1. The summed E-state index contributed by atoms with van der Waals surface area (Å²) in [7, 11) is 0. The molecule has 0 aliphatic carbocycles. The van der Waals surface area contributed by atoms with Crippen LogP contribution in [0.5, 0.6) is 5.75 Å². The zero-order valence-corrected chi connectivity index (χ0v) is 13.5. The molecule has 0 radical (unpaired) electrons. The number of carbonyl (C=O) groups is 1. The number of carbonyl (C=O) groups excluding carboxylic acids is 1. The first-order chi connectivity index (χ1) is 10.4. The molecule has 5 heteroatoms. The van der Waals surface area contributed by atoms with E-state index >= 15 is 0 Å². The monoisotopic (exact) mass is 302 g/mol. The number of hydrogen-bond acceptors (Lipinski definition) is 4. The van der Waals surface area contributed by atoms with Gasteiger partial charge in [0, 0.05) is 17.2 Å². The molecule has 0 unspecified atom stereocenters. The van der Waals surface area contributed by atoms with Crippen LogP contribution in [0, 0.1) is 0 Å². The van der Waals surface area contributed by atoms with Gasteiger partial charge in [-0.3, -0.25) is 4.79 Å². The lowest BCUT2D eigenvalue weighted by Gasteiger charge is -2.12. The molecule has 0 bridgehead atoms. The minimum Gasteiger partial charge on any atom is -0.494 e. The van der Waals surface area contributed by atoms with E-state index in [1.807, 2.05) is 58.0 Å². The van der Waals surface area contributed by atoms with Crippen LogP contribution in [0.25, 0.3) is 0 Å². The van der Waals surface area contributed by atoms with Crippen molar-refractivity contribution < 1.29 is 14.1 Å². The van der Waals surface area contributed by atoms with Crippen LogP contribution >= 0.6 is 0 Å². The highest BCUT2D eigenvalue weighted by molar-refractivity contribution is 5.92. The molecule has 1 N–H and O–H groups in total. The summed E-state index contributed by atoms with van der Waals surface area (Å²) in [4.78, 5) is 12.0. The Bertz CT molecular complexity index is 624. The summed E-state index contributed by atoms with van der Waals surface area (Å²) in [6.07, 6.45) is 0.187. The molecule has 2 aromatic rings. The van der Waals surface area contributed by atoms with Crippen molar-refractivity contribution in [2.24, 2.45) is 0 Å². The molecule has 0 spiro atoms. The van der Waals surface area contributed by atoms with E-state index in [9.17, 15) is 4.79 Å². The first-order valence-corrected chi connectivity index (χ1v) is 7.37. The zero-order valence-electron chi connectivity index (χ0n) is 13.5. The van der Waals surface area contributed by atoms with Crippen molar-refractivity contribution in [2.45, 2.75) is 39.5 Å². The summed E-state index contributed by atoms with van der Waals surface area (Å²) in [5.74, 6) is 1.43. The predicted octanol–water partition coefficient (Wildman–Crippen LogP) is 3.55. The minimum absolute atomic E-state index is 0.114. The molecule has 22 heavy (non-hydrogen) atoms. The average molecular weight is 302 g/mol. The topological polar surface area (TPSA) is 64.4 Å². The fourth-order valence-electron chi connectivity index (χ4n) is 1.92. The van der Waals surface area contributed by atoms with Gasteiger partial charge in [0.05, 0.1) is 18.7 Å². The highest BCUT2D eigenvalue weighted by atomic mass is 16.5. The molecular weight excluding hydrogens is 280 g/mol. The Hall–Kier alpha value is -2.30. The maximum Gasteiger partial charge on any atom is 0.230 e. The number of amides is 1. The van der Waals surface area contributed by atoms with E-state index in [0.29, 0.717) is 12.3 Å². The summed E-state index contributed by atoms with van der Waals surface area (Å²) in [5.41, 5.74) is 1.25. The SMILES string of the molecule is CCOc1ccc(NC(=O)Cc2cc(C(C)(C)C)on2)cc1. The number of nitrogens with one attached hydrogen (secondary N) is 1. The Morgan fingerprint density at radius 2 is 1.95 bits per heavy atom. The number of anilines is 1. The molecular formula is C17H22N2O3. The number of aromatic nitrogens is 1. The predicted molar refractivity (Wildman–Crippen MR) is 85.1 cm³/mol. The second kappa shape index (κ2) is 6.64. The van der Waals surface area contributed by atoms with Gasteiger partial charge in [-0.1, -0.05) is 25.9 Å². The fraction of sp³-hybridized carbons (Fsp3) is 0.412. The summed E-state index contributed by atoms with van der Waals surface area (Å²) in [5, 5.41) is 6.78. The Kier molecular flexibility index (Phi) is 4.85. The van der Waals surface area contributed by atoms with E-state index in [1.165, 1.54) is 0 Å². The Balaban J connectivity index is 1.94. The first-order valence-electron chi connectivity index (χ1n) is 7.37. The lowest BCUT2D eigenvalue weighted by atomic mass is 9.93. The molecule has 1 aromatic heterocycles. The van der Waals surface area contributed by atoms with Gasteiger partial charge in [-0.2, -0.15) is 0 Å². The van der Waals surface area contributed by atoms with Gasteiger partial charge in [0.2, 0.25) is 5.91 Å². The zero-order chi connectivity index (χ0) is 16.2. The summed E-state index contributed by atoms with van der Waals surface area (Å²) >= 11 is 0. The second-order valence-electron chi connectivity index (χ2n) is 6.11. The second-order valence-corrected chi connectivity index (χ2v) is 6.11. The van der Waals surface area contributed by atoms with E-state index < -0.39 is 0 Å². The molecule has 0 aliphatic rings. The molecule has 1 aromatic carbocycles. The third kappa shape index (κ3) is 4.35. The largest absolute Gasteiger partial charge is 0.494 e. The smallest absolute Gasteiger partial charge is 0.230 e. The van der Waals surface area contributed by atoms with E-state index in [4.69, 9.17) is 9.26 Å². The maximum absolute atomic E-state index is 12.0. The molecule has 1 heterocycles. The lowest BCUT2D eigenvalue weighted by molar-refractivity contribution is -0.115. The van der Waals surface area contributed by atoms with Gasteiger partial charge in [0.1, 0.15) is 11.5 Å². The van der Waals surface area contributed by atoms with Crippen molar-refractivity contribution in [3.05, 3.63) is 41.8 Å². The van der Waals surface area contributed by atoms with Crippen LogP contribution in [0.15, 0.2) is 34.9 Å². The third-order valence-electron chi connectivity index (χ3n) is 3.09. The summed E-state index contributed by atoms with van der Waals surface area (Å²) in [6.45, 7) is 8.67. The Morgan fingerprint density at radius 1 is 1.27 bits per heavy atom. The number of nitrogens with zero attached hydrogens (tertiary/aromatic N) is 1. The molecule has 5 nitrogen and oxygen atoms in total. The van der Waals surface area contributed by atoms with Crippen LogP contribution in [0.2, 0.25) is 0 Å². The quantitative estimate of drug-likeness (QED) is 0.917. The highest BCUT2D eigenvalue weighted by Crippen LogP contribution is 2.23. The highest BCUT2D eigenvalue weighted by Gasteiger charge is 2.20. The summed E-state index contributed by atoms with van der Waals surface area (Å²) in [6, 6.07) is 9.11. The van der Waals surface area contributed by atoms with Crippen molar-refractivity contribution in [3.63, 3.8) is 0 Å². The van der Waals surface area contributed by atoms with Crippen LogP contribution in [-0.2, 0) is 16.6 Å². The normalized spacial score (nSPS) is 11.3. The molecule has 0 saturated carbocycles. The van der Waals surface area contributed by atoms with Gasteiger partial charge in [-0.25, -0.2) is 0 Å². The van der Waals surface area contributed by atoms with Gasteiger partial charge in [0.25, 0.3) is 0 Å². The maximum atomic E-state index is 12.0. The molecule has 0 saturated heterocycles. The Morgan fingerprint density at radius 3 is 2.50 bits per heavy atom. The van der Waals surface area contributed by atoms with Crippen molar-refractivity contribution in [3.8, 4) is 5.75 Å². The van der Waals surface area contributed by atoms with Crippen LogP contribution in [0.3, 0.4) is 0 Å². The van der Waals surface area contributed by atoms with Crippen LogP contribution < -0.4 is 10.1 Å². The van der Waals surface area contributed by atoms with E-state index in [0.717, 1.165) is 17.2 Å². The molecule has 0 fully saturated rings. The molecule has 0 aliphatic heterocycles. The molecule has 1 amide bonds. The van der Waals surface area contributed by atoms with E-state index in [-0.39, 0.29) is 17.7 Å².